The number of amides is 1. The summed E-state index contributed by atoms with van der Waals surface area (Å²) in [7, 11) is 1.88. The standard InChI is InChI=1S/C13H16N2O3/c1-14-9-12(16)15(8-4-7-13(17)18)11-6-3-2-5-10(11)14/h2-3,5-6H,4,7-9H2,1H3,(H,17,18). The minimum atomic E-state index is -0.829. The van der Waals surface area contributed by atoms with Crippen molar-refractivity contribution < 1.29 is 14.7 Å². The molecule has 1 aliphatic rings. The molecule has 0 aliphatic carbocycles. The van der Waals surface area contributed by atoms with Crippen LogP contribution in [-0.4, -0.2) is 37.1 Å². The third kappa shape index (κ3) is 2.45. The molecule has 5 nitrogen and oxygen atoms in total. The van der Waals surface area contributed by atoms with E-state index in [0.717, 1.165) is 11.4 Å². The van der Waals surface area contributed by atoms with E-state index in [0.29, 0.717) is 19.5 Å². The highest BCUT2D eigenvalue weighted by Gasteiger charge is 2.26. The van der Waals surface area contributed by atoms with E-state index < -0.39 is 5.97 Å². The Morgan fingerprint density at radius 2 is 2.00 bits per heavy atom. The van der Waals surface area contributed by atoms with Gasteiger partial charge in [-0.25, -0.2) is 0 Å². The Morgan fingerprint density at radius 1 is 1.33 bits per heavy atom. The zero-order valence-corrected chi connectivity index (χ0v) is 10.3. The second kappa shape index (κ2) is 5.08. The van der Waals surface area contributed by atoms with Crippen LogP contribution >= 0.6 is 0 Å². The Labute approximate surface area is 106 Å². The van der Waals surface area contributed by atoms with Crippen LogP contribution in [0.25, 0.3) is 0 Å². The number of hydrogen-bond donors (Lipinski definition) is 1. The molecule has 1 aromatic rings. The van der Waals surface area contributed by atoms with Crippen LogP contribution in [0.4, 0.5) is 11.4 Å². The van der Waals surface area contributed by atoms with E-state index in [1.54, 1.807) is 4.90 Å². The number of likely N-dealkylation sites (N-methyl/N-ethyl adjacent to an activating group) is 1. The van der Waals surface area contributed by atoms with Gasteiger partial charge in [0.05, 0.1) is 17.9 Å². The average molecular weight is 248 g/mol. The molecule has 0 fully saturated rings. The van der Waals surface area contributed by atoms with Crippen molar-refractivity contribution >= 4 is 23.3 Å². The molecule has 1 amide bonds. The van der Waals surface area contributed by atoms with E-state index in [2.05, 4.69) is 0 Å². The monoisotopic (exact) mass is 248 g/mol. The molecular weight excluding hydrogens is 232 g/mol. The van der Waals surface area contributed by atoms with Gasteiger partial charge in [0.1, 0.15) is 0 Å². The summed E-state index contributed by atoms with van der Waals surface area (Å²) in [5.41, 5.74) is 1.87. The maximum absolute atomic E-state index is 12.0. The van der Waals surface area contributed by atoms with Crippen molar-refractivity contribution in [3.8, 4) is 0 Å². The van der Waals surface area contributed by atoms with E-state index in [1.165, 1.54) is 0 Å². The third-order valence-corrected chi connectivity index (χ3v) is 3.03. The average Bonchev–Trinajstić information content (AvgIpc) is 2.33. The minimum absolute atomic E-state index is 0.0154. The number of carboxylic acid groups (broad SMARTS) is 1. The van der Waals surface area contributed by atoms with Gasteiger partial charge in [-0.1, -0.05) is 12.1 Å². The number of carbonyl (C=O) groups is 2. The lowest BCUT2D eigenvalue weighted by molar-refractivity contribution is -0.137. The summed E-state index contributed by atoms with van der Waals surface area (Å²) in [6.45, 7) is 0.792. The molecular formula is C13H16N2O3. The number of rotatable bonds is 4. The fraction of sp³-hybridized carbons (Fsp3) is 0.385. The van der Waals surface area contributed by atoms with Crippen molar-refractivity contribution in [1.82, 2.24) is 0 Å². The first kappa shape index (κ1) is 12.4. The number of nitrogens with zero attached hydrogens (tertiary/aromatic N) is 2. The molecule has 2 rings (SSSR count). The highest BCUT2D eigenvalue weighted by atomic mass is 16.4. The summed E-state index contributed by atoms with van der Waals surface area (Å²) in [5, 5.41) is 8.63. The van der Waals surface area contributed by atoms with Crippen molar-refractivity contribution in [1.29, 1.82) is 0 Å². The fourth-order valence-electron chi connectivity index (χ4n) is 2.16. The Bertz CT molecular complexity index is 473. The summed E-state index contributed by atoms with van der Waals surface area (Å²) in [4.78, 5) is 26.1. The molecule has 18 heavy (non-hydrogen) atoms. The molecule has 1 N–H and O–H groups in total. The number of fused-ring (bicyclic) bond motifs is 1. The van der Waals surface area contributed by atoms with E-state index in [4.69, 9.17) is 5.11 Å². The highest BCUT2D eigenvalue weighted by Crippen LogP contribution is 2.32. The second-order valence-electron chi connectivity index (χ2n) is 4.39. The van der Waals surface area contributed by atoms with Crippen LogP contribution in [0.15, 0.2) is 24.3 Å². The first-order valence-electron chi connectivity index (χ1n) is 5.92. The SMILES string of the molecule is CN1CC(=O)N(CCCC(=O)O)c2ccccc21. The van der Waals surface area contributed by atoms with Gasteiger partial charge in [0.15, 0.2) is 0 Å². The van der Waals surface area contributed by atoms with Gasteiger partial charge in [-0.3, -0.25) is 9.59 Å². The summed E-state index contributed by atoms with van der Waals surface area (Å²) in [6.07, 6.45) is 0.556. The van der Waals surface area contributed by atoms with Gasteiger partial charge in [-0.2, -0.15) is 0 Å². The molecule has 0 bridgehead atoms. The fourth-order valence-corrected chi connectivity index (χ4v) is 2.16. The van der Waals surface area contributed by atoms with Gasteiger partial charge >= 0.3 is 5.97 Å². The molecule has 1 aromatic carbocycles. The predicted octanol–water partition coefficient (Wildman–Crippen LogP) is 1.33. The topological polar surface area (TPSA) is 60.9 Å². The van der Waals surface area contributed by atoms with Crippen LogP contribution in [0, 0.1) is 0 Å². The Hall–Kier alpha value is -2.04. The summed E-state index contributed by atoms with van der Waals surface area (Å²) < 4.78 is 0. The van der Waals surface area contributed by atoms with Crippen LogP contribution in [0.3, 0.4) is 0 Å². The van der Waals surface area contributed by atoms with Gasteiger partial charge in [-0.05, 0) is 18.6 Å². The summed E-state index contributed by atoms with van der Waals surface area (Å²) in [5.74, 6) is -0.813. The molecule has 0 unspecified atom stereocenters. The van der Waals surface area contributed by atoms with Gasteiger partial charge in [-0.15, -0.1) is 0 Å². The van der Waals surface area contributed by atoms with Crippen molar-refractivity contribution in [2.24, 2.45) is 0 Å². The van der Waals surface area contributed by atoms with E-state index >= 15 is 0 Å². The van der Waals surface area contributed by atoms with Crippen molar-refractivity contribution in [3.63, 3.8) is 0 Å². The molecule has 0 atom stereocenters. The Morgan fingerprint density at radius 3 is 2.67 bits per heavy atom. The Balaban J connectivity index is 2.16. The molecule has 96 valence electrons. The number of para-hydroxylation sites is 2. The van der Waals surface area contributed by atoms with E-state index in [9.17, 15) is 9.59 Å². The first-order chi connectivity index (χ1) is 8.59. The maximum Gasteiger partial charge on any atom is 0.303 e. The summed E-state index contributed by atoms with van der Waals surface area (Å²) in [6, 6.07) is 7.67. The van der Waals surface area contributed by atoms with Gasteiger partial charge in [0, 0.05) is 20.0 Å². The van der Waals surface area contributed by atoms with Crippen LogP contribution in [0.1, 0.15) is 12.8 Å². The number of anilines is 2. The van der Waals surface area contributed by atoms with Gasteiger partial charge < -0.3 is 14.9 Å². The number of carbonyl (C=O) groups excluding carboxylic acids is 1. The lowest BCUT2D eigenvalue weighted by atomic mass is 10.1. The number of benzene rings is 1. The molecule has 0 saturated heterocycles. The minimum Gasteiger partial charge on any atom is -0.481 e. The van der Waals surface area contributed by atoms with Crippen LogP contribution in [-0.2, 0) is 9.59 Å². The number of aliphatic carboxylic acids is 1. The Kier molecular flexibility index (Phi) is 3.50. The second-order valence-corrected chi connectivity index (χ2v) is 4.39. The van der Waals surface area contributed by atoms with Crippen LogP contribution in [0.5, 0.6) is 0 Å². The van der Waals surface area contributed by atoms with Crippen molar-refractivity contribution in [2.45, 2.75) is 12.8 Å². The lowest BCUT2D eigenvalue weighted by Gasteiger charge is -2.35. The first-order valence-corrected chi connectivity index (χ1v) is 5.92. The zero-order valence-electron chi connectivity index (χ0n) is 10.3. The number of carboxylic acids is 1. The predicted molar refractivity (Wildman–Crippen MR) is 68.9 cm³/mol. The molecule has 0 radical (unpaired) electrons. The smallest absolute Gasteiger partial charge is 0.303 e. The van der Waals surface area contributed by atoms with Crippen molar-refractivity contribution in [3.05, 3.63) is 24.3 Å². The number of hydrogen-bond acceptors (Lipinski definition) is 3. The van der Waals surface area contributed by atoms with Crippen LogP contribution in [0.2, 0.25) is 0 Å². The largest absolute Gasteiger partial charge is 0.481 e. The molecule has 1 aliphatic heterocycles. The highest BCUT2D eigenvalue weighted by molar-refractivity contribution is 6.03. The van der Waals surface area contributed by atoms with Gasteiger partial charge in [0.2, 0.25) is 5.91 Å². The molecule has 0 aromatic heterocycles. The molecule has 0 saturated carbocycles. The van der Waals surface area contributed by atoms with E-state index in [1.807, 2.05) is 36.2 Å². The maximum atomic E-state index is 12.0. The summed E-state index contributed by atoms with van der Waals surface area (Å²) >= 11 is 0. The molecule has 1 heterocycles. The lowest BCUT2D eigenvalue weighted by Crippen LogP contribution is -2.44. The van der Waals surface area contributed by atoms with E-state index in [-0.39, 0.29) is 12.3 Å². The van der Waals surface area contributed by atoms with Crippen LogP contribution < -0.4 is 9.80 Å². The quantitative estimate of drug-likeness (QED) is 0.873. The zero-order chi connectivity index (χ0) is 13.1. The molecule has 5 heteroatoms. The molecule has 0 spiro atoms. The normalized spacial score (nSPS) is 14.6. The van der Waals surface area contributed by atoms with Gasteiger partial charge in [0.25, 0.3) is 0 Å². The van der Waals surface area contributed by atoms with Crippen molar-refractivity contribution in [2.75, 3.05) is 29.9 Å². The third-order valence-electron chi connectivity index (χ3n) is 3.03.